The fourth-order valence-corrected chi connectivity index (χ4v) is 5.85. The van der Waals surface area contributed by atoms with Crippen LogP contribution in [0.3, 0.4) is 0 Å². The molecular weight excluding hydrogens is 552 g/mol. The second-order valence-corrected chi connectivity index (χ2v) is 11.4. The normalized spacial score (nSPS) is 11.6. The van der Waals surface area contributed by atoms with Gasteiger partial charge in [0.25, 0.3) is 15.9 Å². The predicted molar refractivity (Wildman–Crippen MR) is 151 cm³/mol. The number of sulfonamides is 1. The Kier molecular flexibility index (Phi) is 7.94. The number of benzene rings is 3. The Morgan fingerprint density at radius 2 is 1.68 bits per heavy atom. The zero-order chi connectivity index (χ0) is 26.6. The van der Waals surface area contributed by atoms with Gasteiger partial charge in [0.15, 0.2) is 0 Å². The molecule has 0 fully saturated rings. The van der Waals surface area contributed by atoms with Gasteiger partial charge >= 0.3 is 0 Å². The molecule has 0 aliphatic rings. The summed E-state index contributed by atoms with van der Waals surface area (Å²) in [5.41, 5.74) is 7.68. The Morgan fingerprint density at radius 1 is 0.973 bits per heavy atom. The van der Waals surface area contributed by atoms with E-state index in [1.54, 1.807) is 48.7 Å². The fraction of sp³-hybridized carbons (Fsp3) is 0.143. The number of anilines is 1. The number of hydrogen-bond acceptors (Lipinski definition) is 4. The average Bonchev–Trinajstić information content (AvgIpc) is 3.16. The van der Waals surface area contributed by atoms with Crippen LogP contribution in [0.15, 0.2) is 99.4 Å². The van der Waals surface area contributed by atoms with Gasteiger partial charge in [0, 0.05) is 27.1 Å². The highest BCUT2D eigenvalue weighted by molar-refractivity contribution is 9.10. The van der Waals surface area contributed by atoms with E-state index in [1.165, 1.54) is 12.1 Å². The van der Waals surface area contributed by atoms with E-state index in [2.05, 4.69) is 31.0 Å². The van der Waals surface area contributed by atoms with Crippen LogP contribution in [0.4, 0.5) is 5.69 Å². The Bertz CT molecular complexity index is 1550. The summed E-state index contributed by atoms with van der Waals surface area (Å²) in [6.07, 6.45) is 1.57. The van der Waals surface area contributed by atoms with E-state index in [4.69, 9.17) is 0 Å². The minimum absolute atomic E-state index is 0.104. The van der Waals surface area contributed by atoms with Crippen LogP contribution in [-0.2, 0) is 14.8 Å². The molecule has 3 aromatic carbocycles. The topological polar surface area (TPSA) is 83.8 Å². The van der Waals surface area contributed by atoms with Crippen LogP contribution in [0, 0.1) is 20.8 Å². The summed E-state index contributed by atoms with van der Waals surface area (Å²) in [6, 6.07) is 25.0. The summed E-state index contributed by atoms with van der Waals surface area (Å²) in [7, 11) is -3.97. The number of nitrogens with one attached hydrogen (secondary N) is 1. The third-order valence-electron chi connectivity index (χ3n) is 5.87. The number of carbonyl (C=O) groups excluding carboxylic acids is 1. The number of nitrogens with zero attached hydrogens (tertiary/aromatic N) is 3. The minimum atomic E-state index is -3.97. The zero-order valence-corrected chi connectivity index (χ0v) is 23.1. The third kappa shape index (κ3) is 6.00. The van der Waals surface area contributed by atoms with E-state index in [1.807, 2.05) is 51.1 Å². The van der Waals surface area contributed by atoms with Crippen molar-refractivity contribution in [3.05, 3.63) is 112 Å². The van der Waals surface area contributed by atoms with Crippen molar-refractivity contribution in [2.75, 3.05) is 10.8 Å². The minimum Gasteiger partial charge on any atom is -0.318 e. The van der Waals surface area contributed by atoms with Gasteiger partial charge in [-0.3, -0.25) is 9.10 Å². The van der Waals surface area contributed by atoms with E-state index < -0.39 is 22.5 Å². The summed E-state index contributed by atoms with van der Waals surface area (Å²) in [5, 5.41) is 4.12. The molecule has 0 atom stereocenters. The van der Waals surface area contributed by atoms with Crippen molar-refractivity contribution >= 4 is 43.8 Å². The van der Waals surface area contributed by atoms with Crippen LogP contribution in [0.2, 0.25) is 0 Å². The molecule has 7 nitrogen and oxygen atoms in total. The highest BCUT2D eigenvalue weighted by Gasteiger charge is 2.27. The molecule has 0 radical (unpaired) electrons. The van der Waals surface area contributed by atoms with Gasteiger partial charge in [0.1, 0.15) is 6.54 Å². The number of hydrogen-bond donors (Lipinski definition) is 1. The van der Waals surface area contributed by atoms with Crippen molar-refractivity contribution in [1.29, 1.82) is 0 Å². The maximum atomic E-state index is 13.4. The first-order valence-corrected chi connectivity index (χ1v) is 13.8. The summed E-state index contributed by atoms with van der Waals surface area (Å²) in [4.78, 5) is 12.9. The average molecular weight is 580 g/mol. The number of carbonyl (C=O) groups is 1. The second kappa shape index (κ2) is 11.1. The first-order chi connectivity index (χ1) is 17.7. The lowest BCUT2D eigenvalue weighted by Crippen LogP contribution is -2.39. The number of hydrazone groups is 1. The molecule has 9 heteroatoms. The Hall–Kier alpha value is -3.69. The zero-order valence-electron chi connectivity index (χ0n) is 20.7. The number of aromatic nitrogens is 1. The molecule has 190 valence electrons. The lowest BCUT2D eigenvalue weighted by Gasteiger charge is -2.23. The Balaban J connectivity index is 1.54. The van der Waals surface area contributed by atoms with Crippen molar-refractivity contribution in [1.82, 2.24) is 9.99 Å². The van der Waals surface area contributed by atoms with Crippen LogP contribution in [0.5, 0.6) is 0 Å². The molecule has 0 unspecified atom stereocenters. The lowest BCUT2D eigenvalue weighted by molar-refractivity contribution is -0.119. The smallest absolute Gasteiger partial charge is 0.264 e. The van der Waals surface area contributed by atoms with Crippen LogP contribution in [0.1, 0.15) is 22.5 Å². The first kappa shape index (κ1) is 26.4. The summed E-state index contributed by atoms with van der Waals surface area (Å²) in [5.74, 6) is -0.558. The highest BCUT2D eigenvalue weighted by atomic mass is 79.9. The van der Waals surface area contributed by atoms with Gasteiger partial charge in [-0.2, -0.15) is 5.10 Å². The highest BCUT2D eigenvalue weighted by Crippen LogP contribution is 2.24. The van der Waals surface area contributed by atoms with Gasteiger partial charge < -0.3 is 4.57 Å². The third-order valence-corrected chi connectivity index (χ3v) is 8.15. The van der Waals surface area contributed by atoms with Gasteiger partial charge in [-0.1, -0.05) is 57.9 Å². The first-order valence-electron chi connectivity index (χ1n) is 11.6. The monoisotopic (exact) mass is 578 g/mol. The molecule has 4 aromatic rings. The maximum absolute atomic E-state index is 13.4. The van der Waals surface area contributed by atoms with Crippen molar-refractivity contribution in [3.63, 3.8) is 0 Å². The molecule has 1 N–H and O–H groups in total. The van der Waals surface area contributed by atoms with Crippen LogP contribution in [0.25, 0.3) is 5.69 Å². The van der Waals surface area contributed by atoms with Crippen molar-refractivity contribution < 1.29 is 13.2 Å². The molecule has 37 heavy (non-hydrogen) atoms. The van der Waals surface area contributed by atoms with E-state index in [0.29, 0.717) is 5.69 Å². The molecule has 0 saturated carbocycles. The quantitative estimate of drug-likeness (QED) is 0.221. The fourth-order valence-electron chi connectivity index (χ4n) is 4.02. The SMILES string of the molecule is Cc1ccc(N(CC(=O)N/N=C\c2cc(C)n(-c3cccc(Br)c3)c2C)S(=O)(=O)c2ccccc2)cc1. The standard InChI is InChI=1S/C28H27BrN4O3S/c1-20-12-14-25(15-13-20)32(37(35,36)27-10-5-4-6-11-27)19-28(34)31-30-18-23-16-21(2)33(22(23)3)26-9-7-8-24(29)17-26/h4-18H,19H2,1-3H3,(H,31,34)/b30-18-. The molecule has 0 aliphatic heterocycles. The lowest BCUT2D eigenvalue weighted by atomic mass is 10.2. The molecular formula is C28H27BrN4O3S. The summed E-state index contributed by atoms with van der Waals surface area (Å²) in [6.45, 7) is 5.46. The molecule has 1 heterocycles. The van der Waals surface area contributed by atoms with Gasteiger partial charge in [-0.05, 0) is 69.3 Å². The van der Waals surface area contributed by atoms with Crippen molar-refractivity contribution in [3.8, 4) is 5.69 Å². The molecule has 1 aromatic heterocycles. The van der Waals surface area contributed by atoms with Gasteiger partial charge in [-0.15, -0.1) is 0 Å². The van der Waals surface area contributed by atoms with E-state index >= 15 is 0 Å². The molecule has 4 rings (SSSR count). The molecule has 0 bridgehead atoms. The molecule has 0 aliphatic carbocycles. The van der Waals surface area contributed by atoms with Crippen molar-refractivity contribution in [2.45, 2.75) is 25.7 Å². The summed E-state index contributed by atoms with van der Waals surface area (Å²) >= 11 is 3.51. The Morgan fingerprint density at radius 3 is 2.35 bits per heavy atom. The molecule has 0 saturated heterocycles. The van der Waals surface area contributed by atoms with E-state index in [0.717, 1.165) is 37.0 Å². The van der Waals surface area contributed by atoms with E-state index in [9.17, 15) is 13.2 Å². The van der Waals surface area contributed by atoms with Crippen LogP contribution < -0.4 is 9.73 Å². The van der Waals surface area contributed by atoms with Gasteiger partial charge in [0.2, 0.25) is 0 Å². The van der Waals surface area contributed by atoms with Crippen LogP contribution >= 0.6 is 15.9 Å². The maximum Gasteiger partial charge on any atom is 0.264 e. The number of amides is 1. The van der Waals surface area contributed by atoms with Crippen molar-refractivity contribution in [2.24, 2.45) is 5.10 Å². The van der Waals surface area contributed by atoms with Gasteiger partial charge in [-0.25, -0.2) is 13.8 Å². The molecule has 0 spiro atoms. The van der Waals surface area contributed by atoms with E-state index in [-0.39, 0.29) is 4.90 Å². The number of rotatable bonds is 8. The molecule has 1 amide bonds. The Labute approximate surface area is 225 Å². The number of aryl methyl sites for hydroxylation is 2. The van der Waals surface area contributed by atoms with Crippen LogP contribution in [-0.4, -0.2) is 31.7 Å². The second-order valence-electron chi connectivity index (χ2n) is 8.60. The van der Waals surface area contributed by atoms with Gasteiger partial charge in [0.05, 0.1) is 16.8 Å². The predicted octanol–water partition coefficient (Wildman–Crippen LogP) is 5.51. The largest absolute Gasteiger partial charge is 0.318 e. The number of halogens is 1. The summed E-state index contributed by atoms with van der Waals surface area (Å²) < 4.78 is 30.9.